The minimum Gasteiger partial charge on any atom is -0.493 e. The SMILES string of the molecule is CC[C@H](C(N)=O)N1CCc2cc(OC)c(OC)cc2[C@@H]1CCc1ccc(F)c(C(F)(F)F)c1. The van der Waals surface area contributed by atoms with Crippen LogP contribution in [0.25, 0.3) is 0 Å². The van der Waals surface area contributed by atoms with Crippen molar-refractivity contribution in [3.8, 4) is 11.5 Å². The number of ether oxygens (including phenoxy) is 2. The number of rotatable bonds is 8. The topological polar surface area (TPSA) is 64.8 Å². The fourth-order valence-corrected chi connectivity index (χ4v) is 4.59. The van der Waals surface area contributed by atoms with Crippen LogP contribution < -0.4 is 15.2 Å². The second kappa shape index (κ2) is 9.99. The second-order valence-electron chi connectivity index (χ2n) is 8.09. The van der Waals surface area contributed by atoms with Crippen molar-refractivity contribution >= 4 is 5.91 Å². The van der Waals surface area contributed by atoms with Crippen LogP contribution in [0.2, 0.25) is 0 Å². The highest BCUT2D eigenvalue weighted by molar-refractivity contribution is 5.80. The smallest absolute Gasteiger partial charge is 0.419 e. The van der Waals surface area contributed by atoms with Crippen molar-refractivity contribution < 1.29 is 31.8 Å². The van der Waals surface area contributed by atoms with Crippen molar-refractivity contribution in [1.82, 2.24) is 4.90 Å². The monoisotopic (exact) mass is 468 g/mol. The predicted molar refractivity (Wildman–Crippen MR) is 116 cm³/mol. The minimum atomic E-state index is -4.77. The average molecular weight is 468 g/mol. The molecule has 33 heavy (non-hydrogen) atoms. The van der Waals surface area contributed by atoms with E-state index in [0.717, 1.165) is 23.3 Å². The van der Waals surface area contributed by atoms with Gasteiger partial charge in [-0.15, -0.1) is 0 Å². The number of halogens is 4. The third kappa shape index (κ3) is 5.24. The van der Waals surface area contributed by atoms with Gasteiger partial charge in [-0.3, -0.25) is 9.69 Å². The summed E-state index contributed by atoms with van der Waals surface area (Å²) in [6, 6.07) is 5.99. The van der Waals surface area contributed by atoms with Crippen molar-refractivity contribution in [2.45, 2.75) is 50.9 Å². The largest absolute Gasteiger partial charge is 0.493 e. The van der Waals surface area contributed by atoms with Crippen LogP contribution in [0.1, 0.15) is 48.1 Å². The Hall–Kier alpha value is -2.81. The molecule has 1 aliphatic heterocycles. The third-order valence-corrected chi connectivity index (χ3v) is 6.20. The van der Waals surface area contributed by atoms with Gasteiger partial charge in [0, 0.05) is 12.6 Å². The number of primary amides is 1. The number of methoxy groups -OCH3 is 2. The molecule has 0 unspecified atom stereocenters. The molecule has 9 heteroatoms. The van der Waals surface area contributed by atoms with E-state index in [1.54, 1.807) is 7.11 Å². The van der Waals surface area contributed by atoms with Crippen LogP contribution in [0.4, 0.5) is 17.6 Å². The first-order valence-electron chi connectivity index (χ1n) is 10.8. The first-order chi connectivity index (χ1) is 15.6. The number of alkyl halides is 3. The molecule has 1 heterocycles. The maximum Gasteiger partial charge on any atom is 0.419 e. The summed E-state index contributed by atoms with van der Waals surface area (Å²) in [6.45, 7) is 2.43. The van der Waals surface area contributed by atoms with Gasteiger partial charge in [0.1, 0.15) is 5.82 Å². The highest BCUT2D eigenvalue weighted by atomic mass is 19.4. The zero-order valence-electron chi connectivity index (χ0n) is 18.8. The lowest BCUT2D eigenvalue weighted by molar-refractivity contribution is -0.140. The van der Waals surface area contributed by atoms with Crippen molar-refractivity contribution in [3.63, 3.8) is 0 Å². The molecule has 0 radical (unpaired) electrons. The average Bonchev–Trinajstić information content (AvgIpc) is 2.77. The Labute approximate surface area is 190 Å². The van der Waals surface area contributed by atoms with Gasteiger partial charge in [-0.2, -0.15) is 13.2 Å². The molecule has 0 fully saturated rings. The Morgan fingerprint density at radius 1 is 1.18 bits per heavy atom. The lowest BCUT2D eigenvalue weighted by Crippen LogP contribution is -2.49. The van der Waals surface area contributed by atoms with E-state index in [0.29, 0.717) is 42.9 Å². The summed E-state index contributed by atoms with van der Waals surface area (Å²) in [7, 11) is 3.07. The minimum absolute atomic E-state index is 0.257. The van der Waals surface area contributed by atoms with Gasteiger partial charge in [0.05, 0.1) is 25.8 Å². The van der Waals surface area contributed by atoms with Crippen molar-refractivity contribution in [2.75, 3.05) is 20.8 Å². The van der Waals surface area contributed by atoms with E-state index in [1.165, 1.54) is 13.2 Å². The van der Waals surface area contributed by atoms with E-state index in [2.05, 4.69) is 0 Å². The van der Waals surface area contributed by atoms with Gasteiger partial charge in [0.15, 0.2) is 11.5 Å². The molecule has 0 spiro atoms. The molecule has 180 valence electrons. The highest BCUT2D eigenvalue weighted by Gasteiger charge is 2.36. The zero-order chi connectivity index (χ0) is 24.3. The lowest BCUT2D eigenvalue weighted by Gasteiger charge is -2.41. The molecule has 5 nitrogen and oxygen atoms in total. The molecule has 2 aromatic rings. The first kappa shape index (κ1) is 24.8. The van der Waals surface area contributed by atoms with Crippen LogP contribution in [0.3, 0.4) is 0 Å². The molecule has 0 saturated carbocycles. The number of nitrogens with two attached hydrogens (primary N) is 1. The van der Waals surface area contributed by atoms with Crippen molar-refractivity contribution in [3.05, 3.63) is 58.4 Å². The van der Waals surface area contributed by atoms with E-state index >= 15 is 0 Å². The van der Waals surface area contributed by atoms with Crippen LogP contribution in [0.15, 0.2) is 30.3 Å². The molecule has 1 aliphatic rings. The van der Waals surface area contributed by atoms with Crippen LogP contribution in [0.5, 0.6) is 11.5 Å². The first-order valence-corrected chi connectivity index (χ1v) is 10.8. The summed E-state index contributed by atoms with van der Waals surface area (Å²) in [5, 5.41) is 0. The van der Waals surface area contributed by atoms with Crippen LogP contribution >= 0.6 is 0 Å². The van der Waals surface area contributed by atoms with Crippen LogP contribution in [0, 0.1) is 5.82 Å². The Morgan fingerprint density at radius 2 is 1.85 bits per heavy atom. The molecule has 0 aromatic heterocycles. The van der Waals surface area contributed by atoms with Crippen LogP contribution in [-0.2, 0) is 23.8 Å². The number of hydrogen-bond acceptors (Lipinski definition) is 4. The predicted octanol–water partition coefficient (Wildman–Crippen LogP) is 4.66. The lowest BCUT2D eigenvalue weighted by atomic mass is 9.86. The van der Waals surface area contributed by atoms with Gasteiger partial charge in [-0.25, -0.2) is 4.39 Å². The molecule has 0 saturated heterocycles. The molecule has 0 aliphatic carbocycles. The van der Waals surface area contributed by atoms with Crippen LogP contribution in [-0.4, -0.2) is 37.6 Å². The maximum atomic E-state index is 13.7. The Kier molecular flexibility index (Phi) is 7.51. The summed E-state index contributed by atoms with van der Waals surface area (Å²) >= 11 is 0. The number of fused-ring (bicyclic) bond motifs is 1. The summed E-state index contributed by atoms with van der Waals surface area (Å²) in [4.78, 5) is 14.2. The van der Waals surface area contributed by atoms with E-state index in [-0.39, 0.29) is 12.5 Å². The number of aryl methyl sites for hydroxylation is 1. The number of amides is 1. The molecule has 1 amide bonds. The number of carbonyl (C=O) groups excluding carboxylic acids is 1. The van der Waals surface area contributed by atoms with Gasteiger partial charge in [-0.05, 0) is 66.6 Å². The highest BCUT2D eigenvalue weighted by Crippen LogP contribution is 2.41. The summed E-state index contributed by atoms with van der Waals surface area (Å²) in [5.74, 6) is -0.643. The molecular weight excluding hydrogens is 440 g/mol. The normalized spacial score (nSPS) is 17.4. The van der Waals surface area contributed by atoms with Gasteiger partial charge in [-0.1, -0.05) is 13.0 Å². The van der Waals surface area contributed by atoms with Gasteiger partial charge >= 0.3 is 6.18 Å². The Bertz CT molecular complexity index is 1010. The molecule has 3 rings (SSSR count). The number of hydrogen-bond donors (Lipinski definition) is 1. The van der Waals surface area contributed by atoms with E-state index < -0.39 is 29.5 Å². The summed E-state index contributed by atoms with van der Waals surface area (Å²) in [6.07, 6.45) is -2.94. The Morgan fingerprint density at radius 3 is 2.42 bits per heavy atom. The van der Waals surface area contributed by atoms with Gasteiger partial charge < -0.3 is 15.2 Å². The number of benzene rings is 2. The van der Waals surface area contributed by atoms with Gasteiger partial charge in [0.25, 0.3) is 0 Å². The third-order valence-electron chi connectivity index (χ3n) is 6.20. The molecule has 2 N–H and O–H groups in total. The van der Waals surface area contributed by atoms with Gasteiger partial charge in [0.2, 0.25) is 5.91 Å². The van der Waals surface area contributed by atoms with Crippen molar-refractivity contribution in [1.29, 1.82) is 0 Å². The molecule has 0 bridgehead atoms. The van der Waals surface area contributed by atoms with E-state index in [1.807, 2.05) is 24.0 Å². The quantitative estimate of drug-likeness (QED) is 0.573. The summed E-state index contributed by atoms with van der Waals surface area (Å²) in [5.41, 5.74) is 6.67. The zero-order valence-corrected chi connectivity index (χ0v) is 18.8. The molecular formula is C24H28F4N2O3. The molecule has 2 aromatic carbocycles. The number of carbonyl (C=O) groups is 1. The van der Waals surface area contributed by atoms with Crippen molar-refractivity contribution in [2.24, 2.45) is 5.73 Å². The fraction of sp³-hybridized carbons (Fsp3) is 0.458. The number of nitrogens with zero attached hydrogens (tertiary/aromatic N) is 1. The van der Waals surface area contributed by atoms with E-state index in [4.69, 9.17) is 15.2 Å². The summed E-state index contributed by atoms with van der Waals surface area (Å²) < 4.78 is 64.0. The Balaban J connectivity index is 1.99. The standard InChI is InChI=1S/C24H28F4N2O3/c1-4-19(23(29)31)30-10-9-15-12-21(32-2)22(33-3)13-16(15)20(30)8-6-14-5-7-18(25)17(11-14)24(26,27)28/h5,7,11-13,19-20H,4,6,8-10H2,1-3H3,(H2,29,31)/t19-,20+/m1/s1. The van der Waals surface area contributed by atoms with E-state index in [9.17, 15) is 22.4 Å². The molecule has 2 atom stereocenters. The fourth-order valence-electron chi connectivity index (χ4n) is 4.59. The maximum absolute atomic E-state index is 13.7. The second-order valence-corrected chi connectivity index (χ2v) is 8.09.